The molecule has 5 nitrogen and oxygen atoms in total. The zero-order valence-corrected chi connectivity index (χ0v) is 12.6. The summed E-state index contributed by atoms with van der Waals surface area (Å²) in [5, 5.41) is 8.40. The van der Waals surface area contributed by atoms with Crippen LogP contribution in [0, 0.1) is 0 Å². The summed E-state index contributed by atoms with van der Waals surface area (Å²) < 4.78 is 12.4. The number of rotatable bonds is 5. The van der Waals surface area contributed by atoms with E-state index in [1.54, 1.807) is 18.9 Å². The average Bonchev–Trinajstić information content (AvgIpc) is 3.03. The second-order valence-electron chi connectivity index (χ2n) is 4.89. The zero-order valence-electron chi connectivity index (χ0n) is 12.6. The van der Waals surface area contributed by atoms with E-state index in [2.05, 4.69) is 10.3 Å². The smallest absolute Gasteiger partial charge is 0.122 e. The van der Waals surface area contributed by atoms with Gasteiger partial charge in [-0.3, -0.25) is 0 Å². The van der Waals surface area contributed by atoms with E-state index in [1.807, 2.05) is 54.7 Å². The molecule has 2 aromatic carbocycles. The van der Waals surface area contributed by atoms with Crippen LogP contribution in [0.15, 0.2) is 54.7 Å². The van der Waals surface area contributed by atoms with Crippen molar-refractivity contribution in [2.45, 2.75) is 6.54 Å². The molecule has 0 aliphatic carbocycles. The van der Waals surface area contributed by atoms with Crippen molar-refractivity contribution >= 4 is 0 Å². The van der Waals surface area contributed by atoms with Crippen molar-refractivity contribution < 1.29 is 9.47 Å². The monoisotopic (exact) mass is 295 g/mol. The van der Waals surface area contributed by atoms with Gasteiger partial charge in [-0.25, -0.2) is 4.68 Å². The Labute approximate surface area is 129 Å². The normalized spacial score (nSPS) is 10.5. The molecule has 0 unspecified atom stereocenters. The molecule has 0 aliphatic heterocycles. The Morgan fingerprint density at radius 3 is 2.27 bits per heavy atom. The van der Waals surface area contributed by atoms with E-state index in [4.69, 9.17) is 9.47 Å². The summed E-state index contributed by atoms with van der Waals surface area (Å²) in [6.45, 7) is 0.605. The van der Waals surface area contributed by atoms with Crippen LogP contribution in [-0.2, 0) is 6.54 Å². The maximum absolute atomic E-state index is 5.28. The molecule has 112 valence electrons. The molecular weight excluding hydrogens is 278 g/mol. The van der Waals surface area contributed by atoms with Crippen LogP contribution in [0.25, 0.3) is 11.3 Å². The standard InChI is InChI=1S/C17H17N3O2/c1-21-15-8-13(9-16(10-15)22-2)11-20-12-17(18-19-20)14-6-4-3-5-7-14/h3-10,12H,11H2,1-2H3. The third kappa shape index (κ3) is 3.09. The fraction of sp³-hybridized carbons (Fsp3) is 0.176. The van der Waals surface area contributed by atoms with Crippen molar-refractivity contribution in [3.05, 3.63) is 60.3 Å². The first-order chi connectivity index (χ1) is 10.8. The van der Waals surface area contributed by atoms with Crippen LogP contribution in [0.4, 0.5) is 0 Å². The van der Waals surface area contributed by atoms with E-state index in [9.17, 15) is 0 Å². The molecule has 3 rings (SSSR count). The van der Waals surface area contributed by atoms with Crippen molar-refractivity contribution in [1.29, 1.82) is 0 Å². The second-order valence-corrected chi connectivity index (χ2v) is 4.89. The molecule has 0 N–H and O–H groups in total. The minimum atomic E-state index is 0.605. The molecule has 1 heterocycles. The fourth-order valence-electron chi connectivity index (χ4n) is 2.26. The van der Waals surface area contributed by atoms with Crippen molar-refractivity contribution in [1.82, 2.24) is 15.0 Å². The average molecular weight is 295 g/mol. The topological polar surface area (TPSA) is 49.2 Å². The molecule has 0 amide bonds. The highest BCUT2D eigenvalue weighted by atomic mass is 16.5. The number of benzene rings is 2. The predicted molar refractivity (Wildman–Crippen MR) is 84.1 cm³/mol. The molecule has 22 heavy (non-hydrogen) atoms. The number of hydrogen-bond donors (Lipinski definition) is 0. The summed E-state index contributed by atoms with van der Waals surface area (Å²) in [7, 11) is 3.28. The molecule has 5 heteroatoms. The first-order valence-electron chi connectivity index (χ1n) is 6.96. The number of hydrogen-bond acceptors (Lipinski definition) is 4. The molecule has 0 atom stereocenters. The Morgan fingerprint density at radius 2 is 1.64 bits per heavy atom. The molecule has 0 radical (unpaired) electrons. The van der Waals surface area contributed by atoms with Gasteiger partial charge in [0.1, 0.15) is 17.2 Å². The molecule has 0 spiro atoms. The Balaban J connectivity index is 1.83. The largest absolute Gasteiger partial charge is 0.497 e. The van der Waals surface area contributed by atoms with Crippen molar-refractivity contribution in [3.8, 4) is 22.8 Å². The van der Waals surface area contributed by atoms with Crippen LogP contribution in [-0.4, -0.2) is 29.2 Å². The van der Waals surface area contributed by atoms with Gasteiger partial charge in [-0.2, -0.15) is 0 Å². The van der Waals surface area contributed by atoms with E-state index >= 15 is 0 Å². The van der Waals surface area contributed by atoms with E-state index in [0.29, 0.717) is 6.54 Å². The van der Waals surface area contributed by atoms with Crippen LogP contribution in [0.1, 0.15) is 5.56 Å². The van der Waals surface area contributed by atoms with Crippen molar-refractivity contribution in [2.24, 2.45) is 0 Å². The lowest BCUT2D eigenvalue weighted by atomic mass is 10.2. The number of ether oxygens (including phenoxy) is 2. The lowest BCUT2D eigenvalue weighted by Crippen LogP contribution is -2.01. The summed E-state index contributed by atoms with van der Waals surface area (Å²) in [6, 6.07) is 15.8. The van der Waals surface area contributed by atoms with Gasteiger partial charge in [0.2, 0.25) is 0 Å². The lowest BCUT2D eigenvalue weighted by molar-refractivity contribution is 0.393. The van der Waals surface area contributed by atoms with E-state index < -0.39 is 0 Å². The second kappa shape index (κ2) is 6.30. The van der Waals surface area contributed by atoms with E-state index in [1.165, 1.54) is 0 Å². The van der Waals surface area contributed by atoms with Crippen LogP contribution in [0.5, 0.6) is 11.5 Å². The number of methoxy groups -OCH3 is 2. The van der Waals surface area contributed by atoms with Gasteiger partial charge in [-0.05, 0) is 17.7 Å². The van der Waals surface area contributed by atoms with E-state index in [-0.39, 0.29) is 0 Å². The zero-order chi connectivity index (χ0) is 15.4. The fourth-order valence-corrected chi connectivity index (χ4v) is 2.26. The Kier molecular flexibility index (Phi) is 4.05. The van der Waals surface area contributed by atoms with Crippen LogP contribution < -0.4 is 9.47 Å². The van der Waals surface area contributed by atoms with Gasteiger partial charge in [0.15, 0.2) is 0 Å². The molecule has 0 bridgehead atoms. The van der Waals surface area contributed by atoms with Gasteiger partial charge in [0.25, 0.3) is 0 Å². The van der Waals surface area contributed by atoms with Crippen LogP contribution >= 0.6 is 0 Å². The maximum atomic E-state index is 5.28. The molecule has 3 aromatic rings. The highest BCUT2D eigenvalue weighted by Crippen LogP contribution is 2.23. The quantitative estimate of drug-likeness (QED) is 0.726. The van der Waals surface area contributed by atoms with E-state index in [0.717, 1.165) is 28.3 Å². The van der Waals surface area contributed by atoms with Gasteiger partial charge < -0.3 is 9.47 Å². The Morgan fingerprint density at radius 1 is 0.955 bits per heavy atom. The SMILES string of the molecule is COc1cc(Cn2cc(-c3ccccc3)nn2)cc(OC)c1. The van der Waals surface area contributed by atoms with Crippen LogP contribution in [0.3, 0.4) is 0 Å². The minimum Gasteiger partial charge on any atom is -0.497 e. The summed E-state index contributed by atoms with van der Waals surface area (Å²) >= 11 is 0. The first-order valence-corrected chi connectivity index (χ1v) is 6.96. The first kappa shape index (κ1) is 14.1. The predicted octanol–water partition coefficient (Wildman–Crippen LogP) is 3.01. The van der Waals surface area contributed by atoms with Gasteiger partial charge in [-0.1, -0.05) is 35.5 Å². The number of nitrogens with zero attached hydrogens (tertiary/aromatic N) is 3. The third-order valence-electron chi connectivity index (χ3n) is 3.36. The Hall–Kier alpha value is -2.82. The molecule has 0 saturated carbocycles. The summed E-state index contributed by atoms with van der Waals surface area (Å²) in [5.74, 6) is 1.52. The molecule has 0 fully saturated rings. The molecule has 1 aromatic heterocycles. The summed E-state index contributed by atoms with van der Waals surface area (Å²) in [6.07, 6.45) is 1.93. The molecule has 0 saturated heterocycles. The van der Waals surface area contributed by atoms with Crippen molar-refractivity contribution in [3.63, 3.8) is 0 Å². The number of aromatic nitrogens is 3. The summed E-state index contributed by atoms with van der Waals surface area (Å²) in [5.41, 5.74) is 2.95. The van der Waals surface area contributed by atoms with Gasteiger partial charge in [0.05, 0.1) is 27.0 Å². The maximum Gasteiger partial charge on any atom is 0.122 e. The molecular formula is C17H17N3O2. The Bertz CT molecular complexity index is 731. The molecule has 0 aliphatic rings. The van der Waals surface area contributed by atoms with Gasteiger partial charge in [-0.15, -0.1) is 5.10 Å². The minimum absolute atomic E-state index is 0.605. The van der Waals surface area contributed by atoms with Gasteiger partial charge >= 0.3 is 0 Å². The lowest BCUT2D eigenvalue weighted by Gasteiger charge is -2.08. The van der Waals surface area contributed by atoms with Crippen LogP contribution in [0.2, 0.25) is 0 Å². The van der Waals surface area contributed by atoms with Crippen molar-refractivity contribution in [2.75, 3.05) is 14.2 Å². The third-order valence-corrected chi connectivity index (χ3v) is 3.36. The highest BCUT2D eigenvalue weighted by molar-refractivity contribution is 5.57. The highest BCUT2D eigenvalue weighted by Gasteiger charge is 2.06. The summed E-state index contributed by atoms with van der Waals surface area (Å²) in [4.78, 5) is 0. The van der Waals surface area contributed by atoms with Gasteiger partial charge in [0, 0.05) is 11.6 Å².